The van der Waals surface area contributed by atoms with E-state index in [0.29, 0.717) is 0 Å². The van der Waals surface area contributed by atoms with E-state index in [-0.39, 0.29) is 10.1 Å². The van der Waals surface area contributed by atoms with Crippen molar-refractivity contribution in [2.75, 3.05) is 6.26 Å². The maximum Gasteiger partial charge on any atom is 0.151 e. The lowest BCUT2D eigenvalue weighted by Crippen LogP contribution is -2.20. The number of hydrogen-bond acceptors (Lipinski definition) is 3. The maximum absolute atomic E-state index is 11.4. The predicted octanol–water partition coefficient (Wildman–Crippen LogP) is 3.18. The maximum atomic E-state index is 11.4. The Morgan fingerprint density at radius 2 is 2.07 bits per heavy atom. The first-order valence-corrected chi connectivity index (χ1v) is 8.46. The van der Waals surface area contributed by atoms with E-state index in [1.807, 2.05) is 6.07 Å². The second-order valence-electron chi connectivity index (χ2n) is 3.59. The van der Waals surface area contributed by atoms with Crippen molar-refractivity contribution in [2.45, 2.75) is 30.3 Å². The van der Waals surface area contributed by atoms with E-state index < -0.39 is 9.84 Å². The van der Waals surface area contributed by atoms with Crippen LogP contribution in [0.4, 0.5) is 0 Å². The highest BCUT2D eigenvalue weighted by Crippen LogP contribution is 2.34. The molecule has 0 N–H and O–H groups in total. The number of alkyl halides is 1. The van der Waals surface area contributed by atoms with Crippen molar-refractivity contribution in [2.24, 2.45) is 0 Å². The minimum atomic E-state index is -2.99. The van der Waals surface area contributed by atoms with Crippen molar-refractivity contribution in [3.05, 3.63) is 21.9 Å². The molecule has 0 amide bonds. The highest BCUT2D eigenvalue weighted by molar-refractivity contribution is 9.09. The molecule has 0 fully saturated rings. The third-order valence-corrected chi connectivity index (χ3v) is 7.26. The van der Waals surface area contributed by atoms with Crippen molar-refractivity contribution < 1.29 is 8.42 Å². The van der Waals surface area contributed by atoms with Crippen LogP contribution in [0.2, 0.25) is 0 Å². The normalized spacial score (nSPS) is 16.3. The average Bonchev–Trinajstić information content (AvgIpc) is 2.62. The van der Waals surface area contributed by atoms with Crippen molar-refractivity contribution in [3.8, 4) is 0 Å². The van der Waals surface area contributed by atoms with Gasteiger partial charge in [-0.25, -0.2) is 8.42 Å². The minimum Gasteiger partial charge on any atom is -0.229 e. The Hall–Kier alpha value is 0.130. The van der Waals surface area contributed by atoms with Crippen LogP contribution in [0.1, 0.15) is 28.4 Å². The number of thiophene rings is 1. The predicted molar refractivity (Wildman–Crippen MR) is 69.7 cm³/mol. The molecule has 0 aliphatic heterocycles. The van der Waals surface area contributed by atoms with Crippen LogP contribution in [0.15, 0.2) is 12.1 Å². The van der Waals surface area contributed by atoms with Gasteiger partial charge in [-0.3, -0.25) is 0 Å². The molecule has 1 rings (SSSR count). The SMILES string of the molecule is CCc1ccc(C(Br)C(C)S(C)(=O)=O)s1. The van der Waals surface area contributed by atoms with Crippen LogP contribution in [0.25, 0.3) is 0 Å². The summed E-state index contributed by atoms with van der Waals surface area (Å²) < 4.78 is 22.8. The van der Waals surface area contributed by atoms with Crippen LogP contribution in [-0.4, -0.2) is 19.9 Å². The molecule has 0 spiro atoms. The monoisotopic (exact) mass is 310 g/mol. The smallest absolute Gasteiger partial charge is 0.151 e. The number of halogens is 1. The van der Waals surface area contributed by atoms with Crippen LogP contribution in [-0.2, 0) is 16.3 Å². The van der Waals surface area contributed by atoms with Gasteiger partial charge in [0.15, 0.2) is 9.84 Å². The molecule has 0 aromatic carbocycles. The molecular formula is C10H15BrO2S2. The summed E-state index contributed by atoms with van der Waals surface area (Å²) in [7, 11) is -2.99. The molecule has 1 heterocycles. The third-order valence-electron chi connectivity index (χ3n) is 2.39. The summed E-state index contributed by atoms with van der Waals surface area (Å²) in [5.41, 5.74) is 0. The number of hydrogen-bond donors (Lipinski definition) is 0. The lowest BCUT2D eigenvalue weighted by molar-refractivity contribution is 0.589. The molecule has 1 aromatic heterocycles. The van der Waals surface area contributed by atoms with Crippen LogP contribution < -0.4 is 0 Å². The molecule has 0 radical (unpaired) electrons. The first-order valence-electron chi connectivity index (χ1n) is 4.77. The van der Waals surface area contributed by atoms with E-state index in [9.17, 15) is 8.42 Å². The van der Waals surface area contributed by atoms with Gasteiger partial charge in [0, 0.05) is 16.0 Å². The molecule has 0 saturated heterocycles. The van der Waals surface area contributed by atoms with E-state index >= 15 is 0 Å². The van der Waals surface area contributed by atoms with E-state index in [4.69, 9.17) is 0 Å². The first-order chi connectivity index (χ1) is 6.86. The second-order valence-corrected chi connectivity index (χ2v) is 8.18. The third kappa shape index (κ3) is 3.29. The molecule has 0 bridgehead atoms. The number of rotatable bonds is 4. The van der Waals surface area contributed by atoms with Crippen molar-refractivity contribution in [1.29, 1.82) is 0 Å². The number of sulfone groups is 1. The van der Waals surface area contributed by atoms with Gasteiger partial charge in [0.05, 0.1) is 10.1 Å². The molecule has 15 heavy (non-hydrogen) atoms. The summed E-state index contributed by atoms with van der Waals surface area (Å²) in [4.78, 5) is 2.28. The Labute approximate surface area is 104 Å². The van der Waals surface area contributed by atoms with E-state index in [1.54, 1.807) is 18.3 Å². The standard InChI is InChI=1S/C10H15BrO2S2/c1-4-8-5-6-9(14-8)10(11)7(2)15(3,12)13/h5-7,10H,4H2,1-3H3. The van der Waals surface area contributed by atoms with Gasteiger partial charge >= 0.3 is 0 Å². The summed E-state index contributed by atoms with van der Waals surface area (Å²) >= 11 is 5.14. The molecule has 5 heteroatoms. The quantitative estimate of drug-likeness (QED) is 0.800. The van der Waals surface area contributed by atoms with Crippen molar-refractivity contribution >= 4 is 37.1 Å². The Bertz CT molecular complexity index is 422. The van der Waals surface area contributed by atoms with Gasteiger partial charge in [-0.1, -0.05) is 22.9 Å². The van der Waals surface area contributed by atoms with Crippen LogP contribution in [0.3, 0.4) is 0 Å². The molecule has 2 nitrogen and oxygen atoms in total. The molecule has 2 atom stereocenters. The molecule has 86 valence electrons. The molecular weight excluding hydrogens is 296 g/mol. The summed E-state index contributed by atoms with van der Waals surface area (Å²) in [6, 6.07) is 4.06. The zero-order chi connectivity index (χ0) is 11.6. The van der Waals surface area contributed by atoms with Gasteiger partial charge in [-0.15, -0.1) is 11.3 Å². The fourth-order valence-corrected chi connectivity index (χ4v) is 4.49. The lowest BCUT2D eigenvalue weighted by Gasteiger charge is -2.14. The molecule has 2 unspecified atom stereocenters. The summed E-state index contributed by atoms with van der Waals surface area (Å²) in [6.45, 7) is 3.83. The van der Waals surface area contributed by atoms with Crippen LogP contribution in [0.5, 0.6) is 0 Å². The zero-order valence-corrected chi connectivity index (χ0v) is 12.2. The molecule has 0 aliphatic rings. The fourth-order valence-electron chi connectivity index (χ4n) is 1.18. The molecule has 1 aromatic rings. The van der Waals surface area contributed by atoms with Gasteiger partial charge < -0.3 is 0 Å². The lowest BCUT2D eigenvalue weighted by atomic mass is 10.3. The Morgan fingerprint density at radius 1 is 1.47 bits per heavy atom. The second kappa shape index (κ2) is 4.97. The Morgan fingerprint density at radius 3 is 2.47 bits per heavy atom. The Balaban J connectivity index is 2.89. The Kier molecular flexibility index (Phi) is 4.38. The fraction of sp³-hybridized carbons (Fsp3) is 0.600. The van der Waals surface area contributed by atoms with E-state index in [2.05, 4.69) is 28.9 Å². The van der Waals surface area contributed by atoms with Gasteiger partial charge in [0.25, 0.3) is 0 Å². The zero-order valence-electron chi connectivity index (χ0n) is 9.03. The molecule has 0 saturated carbocycles. The summed E-state index contributed by atoms with van der Waals surface area (Å²) in [5.74, 6) is 0. The van der Waals surface area contributed by atoms with Crippen LogP contribution in [0, 0.1) is 0 Å². The van der Waals surface area contributed by atoms with E-state index in [1.165, 1.54) is 11.1 Å². The van der Waals surface area contributed by atoms with Gasteiger partial charge in [-0.05, 0) is 25.5 Å². The number of aryl methyl sites for hydroxylation is 1. The van der Waals surface area contributed by atoms with Gasteiger partial charge in [0.2, 0.25) is 0 Å². The first kappa shape index (κ1) is 13.2. The highest BCUT2D eigenvalue weighted by atomic mass is 79.9. The summed E-state index contributed by atoms with van der Waals surface area (Å²) in [6.07, 6.45) is 2.28. The summed E-state index contributed by atoms with van der Waals surface area (Å²) in [5, 5.41) is -0.388. The van der Waals surface area contributed by atoms with E-state index in [0.717, 1.165) is 11.3 Å². The van der Waals surface area contributed by atoms with Crippen molar-refractivity contribution in [3.63, 3.8) is 0 Å². The molecule has 0 aliphatic carbocycles. The highest BCUT2D eigenvalue weighted by Gasteiger charge is 2.26. The van der Waals surface area contributed by atoms with Crippen molar-refractivity contribution in [1.82, 2.24) is 0 Å². The largest absolute Gasteiger partial charge is 0.229 e. The average molecular weight is 311 g/mol. The minimum absolute atomic E-state index is 0.0993. The topological polar surface area (TPSA) is 34.1 Å². The van der Waals surface area contributed by atoms with Gasteiger partial charge in [-0.2, -0.15) is 0 Å². The van der Waals surface area contributed by atoms with Gasteiger partial charge in [0.1, 0.15) is 0 Å². The van der Waals surface area contributed by atoms with Crippen LogP contribution >= 0.6 is 27.3 Å².